The third-order valence-corrected chi connectivity index (χ3v) is 3.50. The average molecular weight is 300 g/mol. The molecule has 0 radical (unpaired) electrons. The van der Waals surface area contributed by atoms with Crippen LogP contribution in [0.4, 0.5) is 0 Å². The molecule has 1 N–H and O–H groups in total. The maximum Gasteiger partial charge on any atom is 0.227 e. The van der Waals surface area contributed by atoms with Crippen molar-refractivity contribution in [1.29, 1.82) is 0 Å². The second-order valence-electron chi connectivity index (χ2n) is 4.81. The molecule has 106 valence electrons. The van der Waals surface area contributed by atoms with E-state index in [1.54, 1.807) is 6.07 Å². The lowest BCUT2D eigenvalue weighted by Crippen LogP contribution is -1.96. The van der Waals surface area contributed by atoms with Gasteiger partial charge in [-0.25, -0.2) is 4.98 Å². The Kier molecular flexibility index (Phi) is 3.78. The van der Waals surface area contributed by atoms with Gasteiger partial charge in [0.05, 0.1) is 12.3 Å². The van der Waals surface area contributed by atoms with Crippen LogP contribution in [0.5, 0.6) is 11.6 Å². The van der Waals surface area contributed by atoms with Gasteiger partial charge in [0.2, 0.25) is 5.88 Å². The third kappa shape index (κ3) is 2.84. The van der Waals surface area contributed by atoms with Gasteiger partial charge in [-0.1, -0.05) is 29.8 Å². The Morgan fingerprint density at radius 3 is 2.71 bits per heavy atom. The smallest absolute Gasteiger partial charge is 0.227 e. The minimum atomic E-state index is -0.124. The third-order valence-electron chi connectivity index (χ3n) is 3.26. The highest BCUT2D eigenvalue weighted by Gasteiger charge is 2.09. The standard InChI is InChI=1S/C17H14ClNO2/c1-11-8-13(18)6-7-16(11)21-17-15-5-3-2-4-12(15)9-14(10-20)19-17/h2-9,20H,10H2,1H3. The summed E-state index contributed by atoms with van der Waals surface area (Å²) in [5.41, 5.74) is 1.51. The number of fused-ring (bicyclic) bond motifs is 1. The number of rotatable bonds is 3. The normalized spacial score (nSPS) is 10.8. The number of benzene rings is 2. The molecule has 3 aromatic rings. The van der Waals surface area contributed by atoms with Crippen LogP contribution in [0.3, 0.4) is 0 Å². The first kappa shape index (κ1) is 13.9. The minimum absolute atomic E-state index is 0.124. The predicted molar refractivity (Wildman–Crippen MR) is 83.9 cm³/mol. The summed E-state index contributed by atoms with van der Waals surface area (Å²) >= 11 is 5.96. The van der Waals surface area contributed by atoms with Crippen LogP contribution < -0.4 is 4.74 Å². The zero-order chi connectivity index (χ0) is 14.8. The summed E-state index contributed by atoms with van der Waals surface area (Å²) in [5, 5.41) is 11.9. The van der Waals surface area contributed by atoms with E-state index in [0.29, 0.717) is 22.3 Å². The van der Waals surface area contributed by atoms with E-state index in [1.165, 1.54) is 0 Å². The van der Waals surface area contributed by atoms with E-state index in [2.05, 4.69) is 4.98 Å². The van der Waals surface area contributed by atoms with Crippen LogP contribution in [0.1, 0.15) is 11.3 Å². The minimum Gasteiger partial charge on any atom is -0.438 e. The van der Waals surface area contributed by atoms with Gasteiger partial charge in [0.1, 0.15) is 5.75 Å². The van der Waals surface area contributed by atoms with Crippen molar-refractivity contribution in [3.63, 3.8) is 0 Å². The zero-order valence-electron chi connectivity index (χ0n) is 11.5. The number of hydrogen-bond acceptors (Lipinski definition) is 3. The van der Waals surface area contributed by atoms with E-state index >= 15 is 0 Å². The van der Waals surface area contributed by atoms with E-state index in [4.69, 9.17) is 16.3 Å². The van der Waals surface area contributed by atoms with Crippen LogP contribution in [-0.4, -0.2) is 10.1 Å². The number of aromatic nitrogens is 1. The summed E-state index contributed by atoms with van der Waals surface area (Å²) in [6.07, 6.45) is 0. The lowest BCUT2D eigenvalue weighted by Gasteiger charge is -2.11. The predicted octanol–water partition coefficient (Wildman–Crippen LogP) is 4.48. The Balaban J connectivity index is 2.10. The summed E-state index contributed by atoms with van der Waals surface area (Å²) in [6, 6.07) is 15.1. The molecule has 2 aromatic carbocycles. The van der Waals surface area contributed by atoms with Gasteiger partial charge in [0.15, 0.2) is 0 Å². The SMILES string of the molecule is Cc1cc(Cl)ccc1Oc1nc(CO)cc2ccccc12. The lowest BCUT2D eigenvalue weighted by atomic mass is 10.1. The van der Waals surface area contributed by atoms with Crippen LogP contribution in [0, 0.1) is 6.92 Å². The molecule has 0 unspecified atom stereocenters. The van der Waals surface area contributed by atoms with Gasteiger partial charge in [-0.3, -0.25) is 0 Å². The molecular weight excluding hydrogens is 286 g/mol. The Morgan fingerprint density at radius 1 is 1.14 bits per heavy atom. The molecule has 0 spiro atoms. The number of aliphatic hydroxyl groups excluding tert-OH is 1. The zero-order valence-corrected chi connectivity index (χ0v) is 12.3. The number of halogens is 1. The molecule has 0 saturated carbocycles. The van der Waals surface area contributed by atoms with E-state index in [9.17, 15) is 5.11 Å². The average Bonchev–Trinajstić information content (AvgIpc) is 2.49. The number of nitrogens with zero attached hydrogens (tertiary/aromatic N) is 1. The molecule has 0 atom stereocenters. The molecule has 0 aliphatic carbocycles. The van der Waals surface area contributed by atoms with Crippen LogP contribution >= 0.6 is 11.6 Å². The quantitative estimate of drug-likeness (QED) is 0.775. The van der Waals surface area contributed by atoms with Crippen molar-refractivity contribution in [3.05, 3.63) is 64.8 Å². The largest absolute Gasteiger partial charge is 0.438 e. The van der Waals surface area contributed by atoms with Gasteiger partial charge >= 0.3 is 0 Å². The van der Waals surface area contributed by atoms with Crippen LogP contribution in [0.2, 0.25) is 5.02 Å². The molecule has 4 heteroatoms. The van der Waals surface area contributed by atoms with Crippen molar-refractivity contribution in [1.82, 2.24) is 4.98 Å². The van der Waals surface area contributed by atoms with Gasteiger partial charge in [0.25, 0.3) is 0 Å². The molecule has 21 heavy (non-hydrogen) atoms. The first-order chi connectivity index (χ1) is 10.2. The Bertz CT molecular complexity index is 802. The van der Waals surface area contributed by atoms with Gasteiger partial charge in [-0.05, 0) is 48.2 Å². The number of pyridine rings is 1. The van der Waals surface area contributed by atoms with Crippen molar-refractivity contribution >= 4 is 22.4 Å². The number of aliphatic hydroxyl groups is 1. The van der Waals surface area contributed by atoms with Gasteiger partial charge in [-0.2, -0.15) is 0 Å². The lowest BCUT2D eigenvalue weighted by molar-refractivity contribution is 0.275. The molecule has 0 bridgehead atoms. The van der Waals surface area contributed by atoms with Crippen LogP contribution in [0.15, 0.2) is 48.5 Å². The van der Waals surface area contributed by atoms with E-state index in [0.717, 1.165) is 16.3 Å². The summed E-state index contributed by atoms with van der Waals surface area (Å²) in [7, 11) is 0. The molecule has 0 amide bonds. The molecule has 0 saturated heterocycles. The molecule has 3 nitrogen and oxygen atoms in total. The molecular formula is C17H14ClNO2. The first-order valence-corrected chi connectivity index (χ1v) is 6.98. The maximum atomic E-state index is 9.34. The van der Waals surface area contributed by atoms with Crippen molar-refractivity contribution in [2.24, 2.45) is 0 Å². The van der Waals surface area contributed by atoms with Crippen molar-refractivity contribution in [2.75, 3.05) is 0 Å². The second kappa shape index (κ2) is 5.72. The number of aryl methyl sites for hydroxylation is 1. The molecule has 0 aliphatic rings. The van der Waals surface area contributed by atoms with Crippen molar-refractivity contribution < 1.29 is 9.84 Å². The fraction of sp³-hybridized carbons (Fsp3) is 0.118. The molecule has 0 fully saturated rings. The Morgan fingerprint density at radius 2 is 1.95 bits per heavy atom. The van der Waals surface area contributed by atoms with Crippen molar-refractivity contribution in [3.8, 4) is 11.6 Å². The molecule has 1 aromatic heterocycles. The van der Waals surface area contributed by atoms with Gasteiger partial charge in [-0.15, -0.1) is 0 Å². The summed E-state index contributed by atoms with van der Waals surface area (Å²) in [5.74, 6) is 1.19. The Labute approximate surface area is 127 Å². The molecule has 0 aliphatic heterocycles. The van der Waals surface area contributed by atoms with Crippen LogP contribution in [0.25, 0.3) is 10.8 Å². The number of ether oxygens (including phenoxy) is 1. The van der Waals surface area contributed by atoms with Crippen molar-refractivity contribution in [2.45, 2.75) is 13.5 Å². The summed E-state index contributed by atoms with van der Waals surface area (Å²) in [6.45, 7) is 1.81. The maximum absolute atomic E-state index is 9.34. The second-order valence-corrected chi connectivity index (χ2v) is 5.25. The van der Waals surface area contributed by atoms with E-state index < -0.39 is 0 Å². The highest BCUT2D eigenvalue weighted by atomic mass is 35.5. The molecule has 1 heterocycles. The van der Waals surface area contributed by atoms with E-state index in [-0.39, 0.29) is 6.61 Å². The fourth-order valence-corrected chi connectivity index (χ4v) is 2.44. The monoisotopic (exact) mass is 299 g/mol. The topological polar surface area (TPSA) is 42.4 Å². The summed E-state index contributed by atoms with van der Waals surface area (Å²) in [4.78, 5) is 4.37. The van der Waals surface area contributed by atoms with Crippen LogP contribution in [-0.2, 0) is 6.61 Å². The Hall–Kier alpha value is -2.10. The fourth-order valence-electron chi connectivity index (χ4n) is 2.21. The number of hydrogen-bond donors (Lipinski definition) is 1. The van der Waals surface area contributed by atoms with Gasteiger partial charge in [0, 0.05) is 10.4 Å². The summed E-state index contributed by atoms with van der Waals surface area (Å²) < 4.78 is 5.94. The highest BCUT2D eigenvalue weighted by Crippen LogP contribution is 2.31. The van der Waals surface area contributed by atoms with E-state index in [1.807, 2.05) is 49.4 Å². The first-order valence-electron chi connectivity index (χ1n) is 6.61. The highest BCUT2D eigenvalue weighted by molar-refractivity contribution is 6.30. The van der Waals surface area contributed by atoms with Gasteiger partial charge < -0.3 is 9.84 Å². The molecule has 3 rings (SSSR count).